The molecule has 1 saturated heterocycles. The van der Waals surface area contributed by atoms with Crippen molar-refractivity contribution in [1.82, 2.24) is 4.98 Å². The maximum atomic E-state index is 11.8. The van der Waals surface area contributed by atoms with Crippen LogP contribution in [0.15, 0.2) is 16.7 Å². The average Bonchev–Trinajstić information content (AvgIpc) is 2.64. The molecule has 0 aliphatic carbocycles. The van der Waals surface area contributed by atoms with E-state index < -0.39 is 15.8 Å². The van der Waals surface area contributed by atoms with E-state index in [9.17, 15) is 13.2 Å². The molecule has 1 unspecified atom stereocenters. The molecule has 0 saturated carbocycles. The summed E-state index contributed by atoms with van der Waals surface area (Å²) >= 11 is 8.93. The van der Waals surface area contributed by atoms with Gasteiger partial charge < -0.3 is 5.32 Å². The lowest BCUT2D eigenvalue weighted by atomic mass is 10.1. The molecule has 2 rings (SSSR count). The van der Waals surface area contributed by atoms with Gasteiger partial charge in [0.2, 0.25) is 5.91 Å². The summed E-state index contributed by atoms with van der Waals surface area (Å²) < 4.78 is 23.1. The van der Waals surface area contributed by atoms with Gasteiger partial charge >= 0.3 is 0 Å². The van der Waals surface area contributed by atoms with Gasteiger partial charge in [0.05, 0.1) is 33.8 Å². The fraction of sp³-hybridized carbons (Fsp3) is 0.400. The maximum Gasteiger partial charge on any atom is 0.228 e. The van der Waals surface area contributed by atoms with Gasteiger partial charge in [0.15, 0.2) is 9.84 Å². The summed E-state index contributed by atoms with van der Waals surface area (Å²) in [5.74, 6) is -0.786. The number of carbonyl (C=O) groups is 1. The van der Waals surface area contributed by atoms with Gasteiger partial charge in [0.1, 0.15) is 5.15 Å². The normalized spacial score (nSPS) is 21.8. The molecule has 1 aromatic rings. The van der Waals surface area contributed by atoms with Crippen molar-refractivity contribution in [3.63, 3.8) is 0 Å². The van der Waals surface area contributed by atoms with Crippen LogP contribution in [0.3, 0.4) is 0 Å². The van der Waals surface area contributed by atoms with Crippen LogP contribution in [0.1, 0.15) is 6.42 Å². The Morgan fingerprint density at radius 1 is 1.56 bits per heavy atom. The van der Waals surface area contributed by atoms with Crippen molar-refractivity contribution in [2.75, 3.05) is 16.8 Å². The maximum absolute atomic E-state index is 11.8. The van der Waals surface area contributed by atoms with Gasteiger partial charge in [-0.15, -0.1) is 0 Å². The number of aromatic nitrogens is 1. The summed E-state index contributed by atoms with van der Waals surface area (Å²) in [6, 6.07) is 1.62. The lowest BCUT2D eigenvalue weighted by molar-refractivity contribution is -0.119. The van der Waals surface area contributed by atoms with Gasteiger partial charge in [0, 0.05) is 0 Å². The molecular formula is C10H10BrClN2O3S. The molecule has 2 heterocycles. The average molecular weight is 354 g/mol. The standard InChI is InChI=1S/C10H10BrClN2O3S/c11-8-3-7(4-13-9(8)12)14-10(15)6-1-2-18(16,17)5-6/h3-4,6H,1-2,5H2,(H,14,15). The molecule has 0 radical (unpaired) electrons. The van der Waals surface area contributed by atoms with Crippen LogP contribution in [0.4, 0.5) is 5.69 Å². The second kappa shape index (κ2) is 5.14. The molecule has 1 atom stereocenters. The number of nitrogens with one attached hydrogen (secondary N) is 1. The van der Waals surface area contributed by atoms with E-state index in [4.69, 9.17) is 11.6 Å². The number of anilines is 1. The van der Waals surface area contributed by atoms with E-state index in [1.165, 1.54) is 6.20 Å². The smallest absolute Gasteiger partial charge is 0.228 e. The number of hydrogen-bond acceptors (Lipinski definition) is 4. The number of amides is 1. The molecule has 1 aromatic heterocycles. The van der Waals surface area contributed by atoms with E-state index in [0.717, 1.165) is 0 Å². The molecule has 1 aliphatic heterocycles. The number of nitrogens with zero attached hydrogens (tertiary/aromatic N) is 1. The molecule has 0 spiro atoms. The summed E-state index contributed by atoms with van der Waals surface area (Å²) in [6.45, 7) is 0. The fourth-order valence-electron chi connectivity index (χ4n) is 1.74. The third-order valence-corrected chi connectivity index (χ3v) is 5.57. The number of rotatable bonds is 2. The van der Waals surface area contributed by atoms with Crippen LogP contribution in [0.2, 0.25) is 5.15 Å². The molecule has 1 amide bonds. The van der Waals surface area contributed by atoms with Crippen molar-refractivity contribution >= 4 is 49.0 Å². The lowest BCUT2D eigenvalue weighted by Crippen LogP contribution is -2.23. The minimum Gasteiger partial charge on any atom is -0.324 e. The van der Waals surface area contributed by atoms with Crippen LogP contribution in [0, 0.1) is 5.92 Å². The Hall–Kier alpha value is -0.660. The Balaban J connectivity index is 2.06. The van der Waals surface area contributed by atoms with Crippen molar-refractivity contribution < 1.29 is 13.2 Å². The summed E-state index contributed by atoms with van der Waals surface area (Å²) in [7, 11) is -3.05. The largest absolute Gasteiger partial charge is 0.324 e. The third-order valence-electron chi connectivity index (χ3n) is 2.67. The van der Waals surface area contributed by atoms with E-state index in [-0.39, 0.29) is 17.4 Å². The van der Waals surface area contributed by atoms with E-state index in [0.29, 0.717) is 21.7 Å². The second-order valence-corrected chi connectivity index (χ2v) is 7.53. The van der Waals surface area contributed by atoms with Gasteiger partial charge in [-0.05, 0) is 28.4 Å². The summed E-state index contributed by atoms with van der Waals surface area (Å²) in [6.07, 6.45) is 1.80. The Bertz CT molecular complexity index is 591. The number of sulfone groups is 1. The quantitative estimate of drug-likeness (QED) is 0.824. The van der Waals surface area contributed by atoms with Crippen molar-refractivity contribution in [1.29, 1.82) is 0 Å². The molecule has 0 aromatic carbocycles. The first-order chi connectivity index (χ1) is 8.37. The number of halogens is 2. The fourth-order valence-corrected chi connectivity index (χ4v) is 3.93. The molecule has 1 N–H and O–H groups in total. The molecule has 5 nitrogen and oxygen atoms in total. The summed E-state index contributed by atoms with van der Waals surface area (Å²) in [5.41, 5.74) is 0.487. The molecule has 98 valence electrons. The van der Waals surface area contributed by atoms with E-state index in [1.807, 2.05) is 0 Å². The highest BCUT2D eigenvalue weighted by Gasteiger charge is 2.32. The number of pyridine rings is 1. The van der Waals surface area contributed by atoms with Crippen molar-refractivity contribution in [3.8, 4) is 0 Å². The highest BCUT2D eigenvalue weighted by Crippen LogP contribution is 2.24. The second-order valence-electron chi connectivity index (χ2n) is 4.09. The van der Waals surface area contributed by atoms with E-state index in [1.54, 1.807) is 6.07 Å². The van der Waals surface area contributed by atoms with Crippen LogP contribution in [-0.4, -0.2) is 30.8 Å². The SMILES string of the molecule is O=C(Nc1cnc(Cl)c(Br)c1)C1CCS(=O)(=O)C1. The van der Waals surface area contributed by atoms with Crippen LogP contribution in [0.5, 0.6) is 0 Å². The van der Waals surface area contributed by atoms with Gasteiger partial charge in [-0.1, -0.05) is 11.6 Å². The Morgan fingerprint density at radius 3 is 2.83 bits per heavy atom. The number of hydrogen-bond donors (Lipinski definition) is 1. The van der Waals surface area contributed by atoms with E-state index in [2.05, 4.69) is 26.2 Å². The molecule has 18 heavy (non-hydrogen) atoms. The zero-order valence-corrected chi connectivity index (χ0v) is 12.3. The highest BCUT2D eigenvalue weighted by atomic mass is 79.9. The first-order valence-electron chi connectivity index (χ1n) is 5.20. The highest BCUT2D eigenvalue weighted by molar-refractivity contribution is 9.10. The monoisotopic (exact) mass is 352 g/mol. The Labute approximate surface area is 118 Å². The van der Waals surface area contributed by atoms with Crippen LogP contribution < -0.4 is 5.32 Å². The molecule has 1 fully saturated rings. The topological polar surface area (TPSA) is 76.1 Å². The van der Waals surface area contributed by atoms with Crippen LogP contribution in [0.25, 0.3) is 0 Å². The van der Waals surface area contributed by atoms with Crippen molar-refractivity contribution in [2.24, 2.45) is 5.92 Å². The van der Waals surface area contributed by atoms with Gasteiger partial charge in [0.25, 0.3) is 0 Å². The zero-order valence-electron chi connectivity index (χ0n) is 9.19. The predicted molar refractivity (Wildman–Crippen MR) is 72.3 cm³/mol. The van der Waals surface area contributed by atoms with Gasteiger partial charge in [-0.25, -0.2) is 13.4 Å². The molecule has 8 heteroatoms. The van der Waals surface area contributed by atoms with E-state index >= 15 is 0 Å². The zero-order chi connectivity index (χ0) is 13.3. The number of carbonyl (C=O) groups excluding carboxylic acids is 1. The van der Waals surface area contributed by atoms with Crippen molar-refractivity contribution in [2.45, 2.75) is 6.42 Å². The Kier molecular flexibility index (Phi) is 3.93. The van der Waals surface area contributed by atoms with Gasteiger partial charge in [-0.2, -0.15) is 0 Å². The van der Waals surface area contributed by atoms with Crippen LogP contribution in [-0.2, 0) is 14.6 Å². The molecule has 1 aliphatic rings. The predicted octanol–water partition coefficient (Wildman–Crippen LogP) is 1.87. The summed E-state index contributed by atoms with van der Waals surface area (Å²) in [5, 5.41) is 2.94. The minimum absolute atomic E-state index is 0.0770. The van der Waals surface area contributed by atoms with Crippen LogP contribution >= 0.6 is 27.5 Å². The van der Waals surface area contributed by atoms with Crippen molar-refractivity contribution in [3.05, 3.63) is 21.9 Å². The first kappa shape index (κ1) is 13.8. The first-order valence-corrected chi connectivity index (χ1v) is 8.19. The third kappa shape index (κ3) is 3.21. The lowest BCUT2D eigenvalue weighted by Gasteiger charge is -2.09. The minimum atomic E-state index is -3.05. The van der Waals surface area contributed by atoms with Gasteiger partial charge in [-0.3, -0.25) is 4.79 Å². The molecular weight excluding hydrogens is 344 g/mol. The summed E-state index contributed by atoms with van der Waals surface area (Å²) in [4.78, 5) is 15.7. The molecule has 0 bridgehead atoms. The Morgan fingerprint density at radius 2 is 2.28 bits per heavy atom.